The first kappa shape index (κ1) is 22.1. The van der Waals surface area contributed by atoms with E-state index in [0.29, 0.717) is 22.5 Å². The Morgan fingerprint density at radius 1 is 1.06 bits per heavy atom. The summed E-state index contributed by atoms with van der Waals surface area (Å²) >= 11 is 0. The molecule has 1 amide bonds. The number of nitrogens with one attached hydrogen (secondary N) is 1. The predicted octanol–water partition coefficient (Wildman–Crippen LogP) is 3.57. The van der Waals surface area contributed by atoms with Gasteiger partial charge in [0.1, 0.15) is 11.3 Å². The number of anilines is 1. The highest BCUT2D eigenvalue weighted by Crippen LogP contribution is 2.25. The van der Waals surface area contributed by atoms with Gasteiger partial charge in [0.2, 0.25) is 0 Å². The fraction of sp³-hybridized carbons (Fsp3) is 0.240. The van der Waals surface area contributed by atoms with Crippen molar-refractivity contribution in [3.05, 3.63) is 81.5 Å². The number of rotatable bonds is 6. The highest BCUT2D eigenvalue weighted by molar-refractivity contribution is 5.93. The number of benzene rings is 2. The van der Waals surface area contributed by atoms with Gasteiger partial charge in [0, 0.05) is 18.0 Å². The molecule has 4 aromatic rings. The third-order valence-electron chi connectivity index (χ3n) is 5.79. The average molecular weight is 447 g/mol. The van der Waals surface area contributed by atoms with E-state index in [0.717, 1.165) is 16.5 Å². The minimum atomic E-state index is -0.585. The second-order valence-corrected chi connectivity index (χ2v) is 8.02. The number of aromatic nitrogens is 2. The largest absolute Gasteiger partial charge is 0.464 e. The van der Waals surface area contributed by atoms with Crippen LogP contribution in [0, 0.1) is 20.8 Å². The molecule has 0 aliphatic carbocycles. The van der Waals surface area contributed by atoms with Gasteiger partial charge in [-0.05, 0) is 56.2 Å². The van der Waals surface area contributed by atoms with Crippen LogP contribution >= 0.6 is 0 Å². The number of hydrogen-bond acceptors (Lipinski definition) is 5. The lowest BCUT2D eigenvalue weighted by Gasteiger charge is -2.07. The van der Waals surface area contributed by atoms with Crippen LogP contribution in [0.25, 0.3) is 16.7 Å². The number of carbonyl (C=O) groups excluding carboxylic acids is 2. The molecule has 0 unspecified atom stereocenters. The maximum atomic E-state index is 12.9. The zero-order chi connectivity index (χ0) is 23.7. The fourth-order valence-electron chi connectivity index (χ4n) is 3.71. The number of para-hydroxylation sites is 1. The van der Waals surface area contributed by atoms with Crippen molar-refractivity contribution in [1.82, 2.24) is 9.36 Å². The van der Waals surface area contributed by atoms with Crippen LogP contribution < -0.4 is 10.9 Å². The Balaban J connectivity index is 1.42. The molecule has 0 atom stereocenters. The Morgan fingerprint density at radius 3 is 2.48 bits per heavy atom. The van der Waals surface area contributed by atoms with E-state index in [9.17, 15) is 14.4 Å². The SMILES string of the molecule is Cc1cc2occ(CC(=O)OCC(=O)Nc3c(C)n(C)n(-c4ccccc4)c3=O)c2cc1C. The molecule has 0 fully saturated rings. The normalized spacial score (nSPS) is 11.0. The number of nitrogens with zero attached hydrogens (tertiary/aromatic N) is 2. The fourth-order valence-corrected chi connectivity index (χ4v) is 3.71. The Bertz CT molecular complexity index is 1410. The molecule has 0 aliphatic heterocycles. The maximum absolute atomic E-state index is 12.9. The molecular formula is C25H25N3O5. The molecule has 0 bridgehead atoms. The number of aryl methyl sites for hydroxylation is 2. The second-order valence-electron chi connectivity index (χ2n) is 8.02. The molecule has 8 heteroatoms. The number of furan rings is 1. The first-order chi connectivity index (χ1) is 15.8. The predicted molar refractivity (Wildman–Crippen MR) is 125 cm³/mol. The summed E-state index contributed by atoms with van der Waals surface area (Å²) in [6, 6.07) is 13.0. The van der Waals surface area contributed by atoms with Gasteiger partial charge in [0.05, 0.1) is 24.1 Å². The van der Waals surface area contributed by atoms with Gasteiger partial charge >= 0.3 is 5.97 Å². The molecule has 2 heterocycles. The Labute approximate surface area is 190 Å². The number of amides is 1. The van der Waals surface area contributed by atoms with Gasteiger partial charge in [-0.1, -0.05) is 18.2 Å². The molecule has 4 rings (SSSR count). The average Bonchev–Trinajstić information content (AvgIpc) is 3.26. The van der Waals surface area contributed by atoms with Crippen LogP contribution in [0.5, 0.6) is 0 Å². The molecule has 170 valence electrons. The van der Waals surface area contributed by atoms with Crippen molar-refractivity contribution < 1.29 is 18.7 Å². The van der Waals surface area contributed by atoms with E-state index in [2.05, 4.69) is 5.32 Å². The van der Waals surface area contributed by atoms with Gasteiger partial charge in [-0.25, -0.2) is 4.68 Å². The minimum absolute atomic E-state index is 0.0199. The third-order valence-corrected chi connectivity index (χ3v) is 5.79. The zero-order valence-electron chi connectivity index (χ0n) is 19.0. The van der Waals surface area contributed by atoms with Gasteiger partial charge in [0.25, 0.3) is 11.5 Å². The van der Waals surface area contributed by atoms with E-state index < -0.39 is 18.5 Å². The van der Waals surface area contributed by atoms with Gasteiger partial charge in [-0.2, -0.15) is 0 Å². The number of ether oxygens (including phenoxy) is 1. The topological polar surface area (TPSA) is 95.5 Å². The summed E-state index contributed by atoms with van der Waals surface area (Å²) < 4.78 is 13.8. The molecule has 0 spiro atoms. The number of carbonyl (C=O) groups is 2. The van der Waals surface area contributed by atoms with Crippen LogP contribution in [0.4, 0.5) is 5.69 Å². The standard InChI is InChI=1S/C25H25N3O5/c1-15-10-20-18(13-32-21(20)11-16(15)2)12-23(30)33-14-22(29)26-24-17(3)27(4)28(25(24)31)19-8-6-5-7-9-19/h5-11,13H,12,14H2,1-4H3,(H,26,29). The lowest BCUT2D eigenvalue weighted by molar-refractivity contribution is -0.146. The number of hydrogen-bond donors (Lipinski definition) is 1. The molecule has 33 heavy (non-hydrogen) atoms. The van der Waals surface area contributed by atoms with E-state index in [1.54, 1.807) is 30.8 Å². The van der Waals surface area contributed by atoms with Crippen molar-refractivity contribution in [2.24, 2.45) is 7.05 Å². The zero-order valence-corrected chi connectivity index (χ0v) is 19.0. The molecule has 0 saturated carbocycles. The molecule has 2 aromatic carbocycles. The summed E-state index contributed by atoms with van der Waals surface area (Å²) in [5.41, 5.74) is 4.64. The van der Waals surface area contributed by atoms with Crippen molar-refractivity contribution in [1.29, 1.82) is 0 Å². The summed E-state index contributed by atoms with van der Waals surface area (Å²) in [5, 5.41) is 3.43. The summed E-state index contributed by atoms with van der Waals surface area (Å²) in [7, 11) is 1.73. The number of fused-ring (bicyclic) bond motifs is 1. The van der Waals surface area contributed by atoms with Gasteiger partial charge < -0.3 is 14.5 Å². The minimum Gasteiger partial charge on any atom is -0.464 e. The molecular weight excluding hydrogens is 422 g/mol. The van der Waals surface area contributed by atoms with Crippen molar-refractivity contribution in [2.75, 3.05) is 11.9 Å². The second kappa shape index (κ2) is 8.82. The highest BCUT2D eigenvalue weighted by Gasteiger charge is 2.19. The quantitative estimate of drug-likeness (QED) is 0.456. The Hall–Kier alpha value is -4.07. The Morgan fingerprint density at radius 2 is 1.76 bits per heavy atom. The maximum Gasteiger partial charge on any atom is 0.310 e. The summed E-state index contributed by atoms with van der Waals surface area (Å²) in [4.78, 5) is 37.6. The summed E-state index contributed by atoms with van der Waals surface area (Å²) in [6.07, 6.45) is 1.51. The van der Waals surface area contributed by atoms with E-state index in [1.165, 1.54) is 10.9 Å². The van der Waals surface area contributed by atoms with Crippen LogP contribution in [0.1, 0.15) is 22.4 Å². The highest BCUT2D eigenvalue weighted by atomic mass is 16.5. The van der Waals surface area contributed by atoms with E-state index in [1.807, 2.05) is 44.2 Å². The smallest absolute Gasteiger partial charge is 0.310 e. The monoisotopic (exact) mass is 447 g/mol. The first-order valence-corrected chi connectivity index (χ1v) is 10.5. The summed E-state index contributed by atoms with van der Waals surface area (Å²) in [6.45, 7) is 5.22. The molecule has 1 N–H and O–H groups in total. The Kier molecular flexibility index (Phi) is 5.91. The van der Waals surface area contributed by atoms with Crippen molar-refractivity contribution in [3.63, 3.8) is 0 Å². The van der Waals surface area contributed by atoms with Gasteiger partial charge in [-0.3, -0.25) is 19.1 Å². The van der Waals surface area contributed by atoms with Gasteiger partial charge in [0.15, 0.2) is 6.61 Å². The van der Waals surface area contributed by atoms with E-state index >= 15 is 0 Å². The van der Waals surface area contributed by atoms with Crippen LogP contribution in [0.2, 0.25) is 0 Å². The van der Waals surface area contributed by atoms with Gasteiger partial charge in [-0.15, -0.1) is 0 Å². The first-order valence-electron chi connectivity index (χ1n) is 10.5. The van der Waals surface area contributed by atoms with Crippen LogP contribution in [0.3, 0.4) is 0 Å². The van der Waals surface area contributed by atoms with Crippen molar-refractivity contribution >= 4 is 28.5 Å². The lowest BCUT2D eigenvalue weighted by Crippen LogP contribution is -2.26. The molecule has 8 nitrogen and oxygen atoms in total. The van der Waals surface area contributed by atoms with Crippen LogP contribution in [0.15, 0.2) is 57.9 Å². The van der Waals surface area contributed by atoms with E-state index in [4.69, 9.17) is 9.15 Å². The summed E-state index contributed by atoms with van der Waals surface area (Å²) in [5.74, 6) is -1.14. The van der Waals surface area contributed by atoms with Crippen molar-refractivity contribution in [3.8, 4) is 5.69 Å². The van der Waals surface area contributed by atoms with Crippen LogP contribution in [-0.4, -0.2) is 27.8 Å². The molecule has 0 radical (unpaired) electrons. The molecule has 2 aromatic heterocycles. The van der Waals surface area contributed by atoms with E-state index in [-0.39, 0.29) is 17.7 Å². The van der Waals surface area contributed by atoms with Crippen molar-refractivity contribution in [2.45, 2.75) is 27.2 Å². The lowest BCUT2D eigenvalue weighted by atomic mass is 10.0. The number of esters is 1. The molecule has 0 saturated heterocycles. The van der Waals surface area contributed by atoms with Crippen LogP contribution in [-0.2, 0) is 27.8 Å². The third kappa shape index (κ3) is 4.32. The molecule has 0 aliphatic rings.